The van der Waals surface area contributed by atoms with Crippen molar-refractivity contribution in [2.75, 3.05) is 13.1 Å². The van der Waals surface area contributed by atoms with Crippen molar-refractivity contribution in [1.29, 1.82) is 0 Å². The van der Waals surface area contributed by atoms with Gasteiger partial charge in [-0.3, -0.25) is 4.79 Å². The first-order chi connectivity index (χ1) is 14.1. The van der Waals surface area contributed by atoms with E-state index >= 15 is 0 Å². The normalized spacial score (nSPS) is 25.0. The van der Waals surface area contributed by atoms with E-state index in [0.717, 1.165) is 49.8 Å². The lowest BCUT2D eigenvalue weighted by Gasteiger charge is -2.48. The summed E-state index contributed by atoms with van der Waals surface area (Å²) in [6.07, 6.45) is 8.46. The molecule has 1 fully saturated rings. The highest BCUT2D eigenvalue weighted by atomic mass is 16.5. The van der Waals surface area contributed by atoms with Crippen molar-refractivity contribution < 1.29 is 9.53 Å². The van der Waals surface area contributed by atoms with Gasteiger partial charge in [-0.2, -0.15) is 0 Å². The molecule has 2 aromatic rings. The summed E-state index contributed by atoms with van der Waals surface area (Å²) < 4.78 is 9.05. The van der Waals surface area contributed by atoms with Gasteiger partial charge in [-0.25, -0.2) is 0 Å². The smallest absolute Gasteiger partial charge is 0.254 e. The number of ether oxygens (including phenoxy) is 1. The predicted octanol–water partition coefficient (Wildman–Crippen LogP) is 4.48. The van der Waals surface area contributed by atoms with Crippen LogP contribution in [0.1, 0.15) is 69.2 Å². The number of hydrogen-bond donors (Lipinski definition) is 2. The number of para-hydroxylation sites is 1. The lowest BCUT2D eigenvalue weighted by molar-refractivity contribution is -0.0742. The number of carbonyl (C=O) groups is 1. The maximum Gasteiger partial charge on any atom is 0.254 e. The maximum atomic E-state index is 12.4. The van der Waals surface area contributed by atoms with Gasteiger partial charge < -0.3 is 20.4 Å². The number of nitrogens with one attached hydrogen (secondary N) is 1. The Bertz CT molecular complexity index is 868. The molecule has 0 bridgehead atoms. The van der Waals surface area contributed by atoms with Crippen molar-refractivity contribution >= 4 is 16.8 Å². The third-order valence-corrected chi connectivity index (χ3v) is 7.26. The van der Waals surface area contributed by atoms with Gasteiger partial charge >= 0.3 is 0 Å². The number of primary amides is 1. The molecule has 1 aromatic heterocycles. The number of benzene rings is 1. The van der Waals surface area contributed by atoms with Crippen molar-refractivity contribution in [2.45, 2.75) is 70.9 Å². The standard InChI is InChI=1S/C24H35N3O2/c1-3-4-5-6-9-18-16-27-20-11-8-7-10-19(20)21(22(25)28)23(27)29-24(18,2)17-12-14-26-15-13-17/h7-8,10-11,17-18,26H,3-6,9,12-16H2,1-2H3,(H2,25,28). The van der Waals surface area contributed by atoms with E-state index in [0.29, 0.717) is 23.3 Å². The molecule has 4 rings (SSSR count). The summed E-state index contributed by atoms with van der Waals surface area (Å²) in [6.45, 7) is 7.53. The van der Waals surface area contributed by atoms with E-state index < -0.39 is 5.91 Å². The average molecular weight is 398 g/mol. The lowest BCUT2D eigenvalue weighted by atomic mass is 9.71. The van der Waals surface area contributed by atoms with Gasteiger partial charge in [-0.05, 0) is 45.3 Å². The van der Waals surface area contributed by atoms with Gasteiger partial charge in [-0.15, -0.1) is 0 Å². The average Bonchev–Trinajstić information content (AvgIpc) is 3.05. The van der Waals surface area contributed by atoms with E-state index in [-0.39, 0.29) is 5.60 Å². The van der Waals surface area contributed by atoms with Crippen molar-refractivity contribution in [1.82, 2.24) is 9.88 Å². The van der Waals surface area contributed by atoms with Crippen LogP contribution in [0.2, 0.25) is 0 Å². The van der Waals surface area contributed by atoms with Gasteiger partial charge in [0.05, 0.1) is 5.52 Å². The summed E-state index contributed by atoms with van der Waals surface area (Å²) in [6, 6.07) is 8.06. The Labute approximate surface area is 174 Å². The van der Waals surface area contributed by atoms with Crippen LogP contribution in [-0.4, -0.2) is 29.2 Å². The molecule has 2 aliphatic heterocycles. The summed E-state index contributed by atoms with van der Waals surface area (Å²) in [5.74, 6) is 1.22. The van der Waals surface area contributed by atoms with Crippen LogP contribution in [0.3, 0.4) is 0 Å². The minimum absolute atomic E-state index is 0.261. The molecule has 1 aromatic carbocycles. The summed E-state index contributed by atoms with van der Waals surface area (Å²) in [7, 11) is 0. The molecular formula is C24H35N3O2. The molecule has 5 nitrogen and oxygen atoms in total. The highest BCUT2D eigenvalue weighted by Crippen LogP contribution is 2.47. The Balaban J connectivity index is 1.74. The monoisotopic (exact) mass is 397 g/mol. The van der Waals surface area contributed by atoms with Gasteiger partial charge in [0, 0.05) is 23.8 Å². The third kappa shape index (κ3) is 3.65. The molecule has 2 unspecified atom stereocenters. The second-order valence-electron chi connectivity index (χ2n) is 9.03. The Morgan fingerprint density at radius 3 is 2.72 bits per heavy atom. The molecule has 158 valence electrons. The number of fused-ring (bicyclic) bond motifs is 3. The molecule has 3 heterocycles. The van der Waals surface area contributed by atoms with Crippen LogP contribution in [0.15, 0.2) is 24.3 Å². The first-order valence-corrected chi connectivity index (χ1v) is 11.4. The SMILES string of the molecule is CCCCCCC1Cn2c(c(C(N)=O)c3ccccc32)OC1(C)C1CCNCC1. The minimum Gasteiger partial charge on any atom is -0.471 e. The molecule has 5 heteroatoms. The van der Waals surface area contributed by atoms with Crippen molar-refractivity contribution in [2.24, 2.45) is 17.6 Å². The molecular weight excluding hydrogens is 362 g/mol. The van der Waals surface area contributed by atoms with Crippen LogP contribution in [0.25, 0.3) is 10.9 Å². The fourth-order valence-corrected chi connectivity index (χ4v) is 5.51. The van der Waals surface area contributed by atoms with Crippen molar-refractivity contribution in [3.05, 3.63) is 29.8 Å². The molecule has 2 atom stereocenters. The second-order valence-corrected chi connectivity index (χ2v) is 9.03. The van der Waals surface area contributed by atoms with Gasteiger partial charge in [0.15, 0.2) is 0 Å². The number of hydrogen-bond acceptors (Lipinski definition) is 3. The third-order valence-electron chi connectivity index (χ3n) is 7.26. The largest absolute Gasteiger partial charge is 0.471 e. The molecule has 0 saturated carbocycles. The Kier molecular flexibility index (Phi) is 5.86. The van der Waals surface area contributed by atoms with E-state index in [2.05, 4.69) is 29.8 Å². The molecule has 0 aliphatic carbocycles. The summed E-state index contributed by atoms with van der Waals surface area (Å²) >= 11 is 0. The Morgan fingerprint density at radius 1 is 1.24 bits per heavy atom. The van der Waals surface area contributed by atoms with Crippen molar-refractivity contribution in [3.8, 4) is 5.88 Å². The maximum absolute atomic E-state index is 12.4. The second kappa shape index (κ2) is 8.39. The van der Waals surface area contributed by atoms with Crippen LogP contribution >= 0.6 is 0 Å². The summed E-state index contributed by atoms with van der Waals surface area (Å²) in [4.78, 5) is 12.4. The quantitative estimate of drug-likeness (QED) is 0.677. The number of unbranched alkanes of at least 4 members (excludes halogenated alkanes) is 3. The fourth-order valence-electron chi connectivity index (χ4n) is 5.51. The fraction of sp³-hybridized carbons (Fsp3) is 0.625. The lowest BCUT2D eigenvalue weighted by Crippen LogP contribution is -2.54. The van der Waals surface area contributed by atoms with E-state index in [9.17, 15) is 4.79 Å². The van der Waals surface area contributed by atoms with Crippen LogP contribution < -0.4 is 15.8 Å². The number of nitrogens with two attached hydrogens (primary N) is 1. The molecule has 29 heavy (non-hydrogen) atoms. The number of carbonyl (C=O) groups excluding carboxylic acids is 1. The van der Waals surface area contributed by atoms with Crippen LogP contribution in [0.5, 0.6) is 5.88 Å². The first-order valence-electron chi connectivity index (χ1n) is 11.4. The van der Waals surface area contributed by atoms with Crippen molar-refractivity contribution in [3.63, 3.8) is 0 Å². The predicted molar refractivity (Wildman–Crippen MR) is 117 cm³/mol. The van der Waals surface area contributed by atoms with Crippen LogP contribution in [0.4, 0.5) is 0 Å². The van der Waals surface area contributed by atoms with Crippen LogP contribution in [0, 0.1) is 11.8 Å². The van der Waals surface area contributed by atoms with Crippen LogP contribution in [-0.2, 0) is 6.54 Å². The molecule has 0 spiro atoms. The zero-order valence-corrected chi connectivity index (χ0v) is 17.9. The number of aromatic nitrogens is 1. The number of piperidine rings is 1. The Morgan fingerprint density at radius 2 is 2.00 bits per heavy atom. The zero-order chi connectivity index (χ0) is 20.4. The number of rotatable bonds is 7. The topological polar surface area (TPSA) is 69.3 Å². The molecule has 1 amide bonds. The molecule has 2 aliphatic rings. The Hall–Kier alpha value is -2.01. The highest BCUT2D eigenvalue weighted by molar-refractivity contribution is 6.09. The number of amides is 1. The zero-order valence-electron chi connectivity index (χ0n) is 17.9. The molecule has 1 saturated heterocycles. The number of nitrogens with zero attached hydrogens (tertiary/aromatic N) is 1. The minimum atomic E-state index is -0.399. The van der Waals surface area contributed by atoms with Gasteiger partial charge in [0.25, 0.3) is 5.91 Å². The molecule has 0 radical (unpaired) electrons. The van der Waals surface area contributed by atoms with E-state index in [1.165, 1.54) is 25.7 Å². The van der Waals surface area contributed by atoms with Gasteiger partial charge in [0.2, 0.25) is 5.88 Å². The van der Waals surface area contributed by atoms with E-state index in [4.69, 9.17) is 10.5 Å². The first kappa shape index (κ1) is 20.3. The van der Waals surface area contributed by atoms with Gasteiger partial charge in [-0.1, -0.05) is 50.8 Å². The van der Waals surface area contributed by atoms with E-state index in [1.54, 1.807) is 0 Å². The van der Waals surface area contributed by atoms with Gasteiger partial charge in [0.1, 0.15) is 11.2 Å². The summed E-state index contributed by atoms with van der Waals surface area (Å²) in [5.41, 5.74) is 7.16. The highest BCUT2D eigenvalue weighted by Gasteiger charge is 2.48. The molecule has 3 N–H and O–H groups in total. The summed E-state index contributed by atoms with van der Waals surface area (Å²) in [5, 5.41) is 4.39. The van der Waals surface area contributed by atoms with E-state index in [1.807, 2.05) is 18.2 Å².